The fourth-order valence-corrected chi connectivity index (χ4v) is 4.02. The molecule has 0 aliphatic carbocycles. The zero-order valence-corrected chi connectivity index (χ0v) is 18.8. The zero-order chi connectivity index (χ0) is 22.7. The summed E-state index contributed by atoms with van der Waals surface area (Å²) >= 11 is 0. The van der Waals surface area contributed by atoms with Gasteiger partial charge in [-0.2, -0.15) is 4.98 Å². The number of rotatable bonds is 8. The molecule has 0 saturated carbocycles. The van der Waals surface area contributed by atoms with E-state index in [1.807, 2.05) is 45.0 Å². The molecule has 2 aromatic heterocycles. The van der Waals surface area contributed by atoms with Crippen LogP contribution in [0.1, 0.15) is 36.6 Å². The SMILES string of the molecule is CCc1cc(-c2noc(-c3cc(C)nc(N4CCCC4)c3)n2)cc(C)c1OCC(O)CO. The Labute approximate surface area is 187 Å². The summed E-state index contributed by atoms with van der Waals surface area (Å²) in [5.74, 6) is 2.64. The number of aromatic nitrogens is 3. The molecule has 1 aliphatic rings. The molecule has 0 radical (unpaired) electrons. The molecule has 170 valence electrons. The molecule has 0 spiro atoms. The lowest BCUT2D eigenvalue weighted by Crippen LogP contribution is -2.22. The van der Waals surface area contributed by atoms with Crippen molar-refractivity contribution in [1.82, 2.24) is 15.1 Å². The van der Waals surface area contributed by atoms with Crippen molar-refractivity contribution in [3.8, 4) is 28.6 Å². The highest BCUT2D eigenvalue weighted by Crippen LogP contribution is 2.32. The van der Waals surface area contributed by atoms with Gasteiger partial charge in [-0.1, -0.05) is 12.1 Å². The number of benzene rings is 1. The Bertz CT molecular complexity index is 1080. The third-order valence-electron chi connectivity index (χ3n) is 5.66. The van der Waals surface area contributed by atoms with E-state index >= 15 is 0 Å². The fourth-order valence-electron chi connectivity index (χ4n) is 4.02. The van der Waals surface area contributed by atoms with Gasteiger partial charge in [-0.25, -0.2) is 4.98 Å². The van der Waals surface area contributed by atoms with Crippen molar-refractivity contribution in [2.24, 2.45) is 0 Å². The van der Waals surface area contributed by atoms with Gasteiger partial charge in [-0.05, 0) is 68.5 Å². The molecule has 1 aromatic carbocycles. The van der Waals surface area contributed by atoms with E-state index in [1.165, 1.54) is 12.8 Å². The summed E-state index contributed by atoms with van der Waals surface area (Å²) in [5, 5.41) is 22.9. The lowest BCUT2D eigenvalue weighted by atomic mass is 10.0. The third-order valence-corrected chi connectivity index (χ3v) is 5.66. The first-order valence-electron chi connectivity index (χ1n) is 11.1. The molecule has 1 atom stereocenters. The van der Waals surface area contributed by atoms with Gasteiger partial charge in [0.05, 0.1) is 6.61 Å². The van der Waals surface area contributed by atoms with Crippen LogP contribution in [0.25, 0.3) is 22.8 Å². The van der Waals surface area contributed by atoms with Crippen molar-refractivity contribution in [2.45, 2.75) is 46.1 Å². The summed E-state index contributed by atoms with van der Waals surface area (Å²) in [7, 11) is 0. The topological polar surface area (TPSA) is 105 Å². The second-order valence-electron chi connectivity index (χ2n) is 8.26. The monoisotopic (exact) mass is 438 g/mol. The van der Waals surface area contributed by atoms with Crippen molar-refractivity contribution in [3.63, 3.8) is 0 Å². The fraction of sp³-hybridized carbons (Fsp3) is 0.458. The van der Waals surface area contributed by atoms with Gasteiger partial charge in [0.1, 0.15) is 24.3 Å². The number of ether oxygens (including phenoxy) is 1. The Morgan fingerprint density at radius 3 is 2.59 bits per heavy atom. The number of anilines is 1. The van der Waals surface area contributed by atoms with Gasteiger partial charge in [-0.15, -0.1) is 0 Å². The summed E-state index contributed by atoms with van der Waals surface area (Å²) in [6.07, 6.45) is 2.21. The number of hydrogen-bond donors (Lipinski definition) is 2. The third kappa shape index (κ3) is 4.76. The molecule has 1 unspecified atom stereocenters. The Morgan fingerprint density at radius 1 is 1.09 bits per heavy atom. The van der Waals surface area contributed by atoms with Crippen LogP contribution in [0, 0.1) is 13.8 Å². The largest absolute Gasteiger partial charge is 0.490 e. The molecule has 32 heavy (non-hydrogen) atoms. The minimum atomic E-state index is -0.909. The van der Waals surface area contributed by atoms with E-state index in [4.69, 9.17) is 14.4 Å². The number of aryl methyl sites for hydroxylation is 3. The molecule has 4 rings (SSSR count). The number of aliphatic hydroxyl groups is 2. The highest BCUT2D eigenvalue weighted by molar-refractivity contribution is 5.65. The van der Waals surface area contributed by atoms with E-state index in [9.17, 15) is 5.11 Å². The van der Waals surface area contributed by atoms with Gasteiger partial charge in [0, 0.05) is 29.9 Å². The van der Waals surface area contributed by atoms with E-state index in [1.54, 1.807) is 0 Å². The van der Waals surface area contributed by atoms with Crippen molar-refractivity contribution in [2.75, 3.05) is 31.2 Å². The minimum absolute atomic E-state index is 0.0385. The quantitative estimate of drug-likeness (QED) is 0.552. The lowest BCUT2D eigenvalue weighted by Gasteiger charge is -2.17. The van der Waals surface area contributed by atoms with Crippen molar-refractivity contribution < 1.29 is 19.5 Å². The molecule has 3 aromatic rings. The first kappa shape index (κ1) is 22.2. The summed E-state index contributed by atoms with van der Waals surface area (Å²) in [5.41, 5.74) is 4.51. The Kier molecular flexibility index (Phi) is 6.72. The predicted molar refractivity (Wildman–Crippen MR) is 122 cm³/mol. The molecule has 2 N–H and O–H groups in total. The van der Waals surface area contributed by atoms with Crippen molar-refractivity contribution in [3.05, 3.63) is 41.1 Å². The van der Waals surface area contributed by atoms with Gasteiger partial charge in [0.25, 0.3) is 5.89 Å². The summed E-state index contributed by atoms with van der Waals surface area (Å²) in [6.45, 7) is 7.70. The first-order valence-corrected chi connectivity index (χ1v) is 11.1. The molecule has 1 saturated heterocycles. The second-order valence-corrected chi connectivity index (χ2v) is 8.26. The Hall–Kier alpha value is -2.97. The summed E-state index contributed by atoms with van der Waals surface area (Å²) in [4.78, 5) is 11.6. The maximum absolute atomic E-state index is 9.61. The molecule has 1 fully saturated rings. The summed E-state index contributed by atoms with van der Waals surface area (Å²) < 4.78 is 11.4. The normalized spacial score (nSPS) is 14.7. The molecule has 8 nitrogen and oxygen atoms in total. The smallest absolute Gasteiger partial charge is 0.258 e. The predicted octanol–water partition coefficient (Wildman–Crippen LogP) is 3.31. The molecule has 8 heteroatoms. The highest BCUT2D eigenvalue weighted by atomic mass is 16.5. The zero-order valence-electron chi connectivity index (χ0n) is 18.8. The van der Waals surface area contributed by atoms with E-state index in [2.05, 4.69) is 20.0 Å². The molecule has 1 aliphatic heterocycles. The number of hydrogen-bond acceptors (Lipinski definition) is 8. The van der Waals surface area contributed by atoms with Crippen LogP contribution in [0.15, 0.2) is 28.8 Å². The molecular weight excluding hydrogens is 408 g/mol. The van der Waals surface area contributed by atoms with Gasteiger partial charge < -0.3 is 24.4 Å². The van der Waals surface area contributed by atoms with Crippen LogP contribution in [0.4, 0.5) is 5.82 Å². The minimum Gasteiger partial charge on any atom is -0.490 e. The number of aliphatic hydroxyl groups excluding tert-OH is 2. The van der Waals surface area contributed by atoms with Gasteiger partial charge in [0.15, 0.2) is 0 Å². The number of nitrogens with zero attached hydrogens (tertiary/aromatic N) is 4. The van der Waals surface area contributed by atoms with Gasteiger partial charge >= 0.3 is 0 Å². The van der Waals surface area contributed by atoms with Gasteiger partial charge in [-0.3, -0.25) is 0 Å². The van der Waals surface area contributed by atoms with E-state index in [0.29, 0.717) is 17.5 Å². The first-order chi connectivity index (χ1) is 15.5. The van der Waals surface area contributed by atoms with Crippen LogP contribution in [-0.4, -0.2) is 57.7 Å². The summed E-state index contributed by atoms with van der Waals surface area (Å²) in [6, 6.07) is 7.91. The maximum Gasteiger partial charge on any atom is 0.258 e. The van der Waals surface area contributed by atoms with Crippen LogP contribution in [0.3, 0.4) is 0 Å². The van der Waals surface area contributed by atoms with Crippen molar-refractivity contribution >= 4 is 5.82 Å². The standard InChI is InChI=1S/C24H30N4O4/c1-4-17-11-18(9-15(2)22(17)31-14-20(30)13-29)23-26-24(32-27-23)19-10-16(3)25-21(12-19)28-7-5-6-8-28/h9-12,20,29-30H,4-8,13-14H2,1-3H3. The van der Waals surface area contributed by atoms with Crippen LogP contribution in [-0.2, 0) is 6.42 Å². The lowest BCUT2D eigenvalue weighted by molar-refractivity contribution is 0.0531. The average Bonchev–Trinajstić information content (AvgIpc) is 3.49. The van der Waals surface area contributed by atoms with Crippen LogP contribution >= 0.6 is 0 Å². The average molecular weight is 439 g/mol. The van der Waals surface area contributed by atoms with Gasteiger partial charge in [0.2, 0.25) is 5.82 Å². The van der Waals surface area contributed by atoms with Crippen LogP contribution in [0.5, 0.6) is 5.75 Å². The van der Waals surface area contributed by atoms with E-state index in [-0.39, 0.29) is 13.2 Å². The molecule has 0 bridgehead atoms. The van der Waals surface area contributed by atoms with E-state index in [0.717, 1.165) is 53.3 Å². The van der Waals surface area contributed by atoms with Crippen LogP contribution in [0.2, 0.25) is 0 Å². The number of pyridine rings is 1. The Balaban J connectivity index is 1.62. The van der Waals surface area contributed by atoms with Crippen LogP contribution < -0.4 is 9.64 Å². The van der Waals surface area contributed by atoms with Crippen molar-refractivity contribution in [1.29, 1.82) is 0 Å². The second kappa shape index (κ2) is 9.67. The highest BCUT2D eigenvalue weighted by Gasteiger charge is 2.19. The molecule has 3 heterocycles. The molecular formula is C24H30N4O4. The Morgan fingerprint density at radius 2 is 1.88 bits per heavy atom. The maximum atomic E-state index is 9.61. The molecule has 0 amide bonds. The van der Waals surface area contributed by atoms with E-state index < -0.39 is 6.10 Å².